The van der Waals surface area contributed by atoms with Gasteiger partial charge < -0.3 is 30.0 Å². The largest absolute Gasteiger partial charge is 0.496 e. The minimum atomic E-state index is -1.01. The number of thiophene rings is 1. The molecular weight excluding hydrogens is 390 g/mol. The van der Waals surface area contributed by atoms with Crippen LogP contribution in [-0.4, -0.2) is 52.0 Å². The molecule has 1 atom stereocenters. The predicted molar refractivity (Wildman–Crippen MR) is 118 cm³/mol. The Morgan fingerprint density at radius 2 is 1.83 bits per heavy atom. The lowest BCUT2D eigenvalue weighted by Gasteiger charge is -2.21. The molecule has 7 nitrogen and oxygen atoms in total. The van der Waals surface area contributed by atoms with Gasteiger partial charge in [0.1, 0.15) is 22.8 Å². The Morgan fingerprint density at radius 3 is 2.34 bits per heavy atom. The average Bonchev–Trinajstić information content (AvgIpc) is 3.27. The van der Waals surface area contributed by atoms with Crippen molar-refractivity contribution in [1.82, 2.24) is 10.6 Å². The van der Waals surface area contributed by atoms with Gasteiger partial charge in [-0.15, -0.1) is 0 Å². The van der Waals surface area contributed by atoms with Crippen molar-refractivity contribution in [2.24, 2.45) is 4.99 Å². The second kappa shape index (κ2) is 10.9. The van der Waals surface area contributed by atoms with Gasteiger partial charge in [-0.05, 0) is 42.7 Å². The van der Waals surface area contributed by atoms with Crippen molar-refractivity contribution in [3.05, 3.63) is 40.1 Å². The minimum absolute atomic E-state index is 0.258. The number of rotatable bonds is 10. The van der Waals surface area contributed by atoms with Crippen LogP contribution in [0.1, 0.15) is 25.0 Å². The summed E-state index contributed by atoms with van der Waals surface area (Å²) in [5, 5.41) is 21.1. The van der Waals surface area contributed by atoms with Gasteiger partial charge in [0.2, 0.25) is 0 Å². The van der Waals surface area contributed by atoms with Gasteiger partial charge in [0.05, 0.1) is 27.9 Å². The molecule has 29 heavy (non-hydrogen) atoms. The van der Waals surface area contributed by atoms with Crippen molar-refractivity contribution in [2.75, 3.05) is 41.0 Å². The molecule has 0 aliphatic heterocycles. The third kappa shape index (κ3) is 6.27. The molecule has 0 fully saturated rings. The normalized spacial score (nSPS) is 13.5. The Hall–Kier alpha value is -2.45. The van der Waals surface area contributed by atoms with E-state index in [0.29, 0.717) is 36.2 Å². The van der Waals surface area contributed by atoms with Crippen molar-refractivity contribution in [2.45, 2.75) is 25.9 Å². The Bertz CT molecular complexity index is 766. The van der Waals surface area contributed by atoms with Gasteiger partial charge in [0, 0.05) is 30.8 Å². The van der Waals surface area contributed by atoms with E-state index >= 15 is 0 Å². The first kappa shape index (κ1) is 22.8. The molecule has 0 radical (unpaired) electrons. The highest BCUT2D eigenvalue weighted by atomic mass is 32.1. The van der Waals surface area contributed by atoms with Crippen molar-refractivity contribution >= 4 is 17.3 Å². The summed E-state index contributed by atoms with van der Waals surface area (Å²) >= 11 is 1.56. The lowest BCUT2D eigenvalue weighted by Crippen LogP contribution is -2.39. The molecule has 0 aliphatic rings. The molecule has 0 amide bonds. The number of aliphatic imine (C=N–C) groups is 1. The van der Waals surface area contributed by atoms with E-state index in [2.05, 4.69) is 15.6 Å². The third-order valence-corrected chi connectivity index (χ3v) is 5.20. The number of aliphatic hydroxyl groups is 1. The first-order chi connectivity index (χ1) is 13.9. The minimum Gasteiger partial charge on any atom is -0.496 e. The number of benzene rings is 1. The van der Waals surface area contributed by atoms with Gasteiger partial charge in [0.15, 0.2) is 5.96 Å². The first-order valence-electron chi connectivity index (χ1n) is 9.51. The van der Waals surface area contributed by atoms with Crippen LogP contribution in [-0.2, 0) is 12.0 Å². The van der Waals surface area contributed by atoms with E-state index in [1.54, 1.807) is 39.6 Å². The number of methoxy groups -OCH3 is 3. The van der Waals surface area contributed by atoms with Crippen LogP contribution in [0, 0.1) is 0 Å². The molecule has 1 aromatic carbocycles. The fourth-order valence-electron chi connectivity index (χ4n) is 2.87. The molecule has 0 saturated carbocycles. The Balaban J connectivity index is 2.06. The van der Waals surface area contributed by atoms with Crippen molar-refractivity contribution in [3.8, 4) is 17.2 Å². The summed E-state index contributed by atoms with van der Waals surface area (Å²) in [5.74, 6) is 2.76. The fraction of sp³-hybridized carbons (Fsp3) is 0.476. The van der Waals surface area contributed by atoms with E-state index in [-0.39, 0.29) is 6.54 Å². The molecule has 3 N–H and O–H groups in total. The number of hydrogen-bond donors (Lipinski definition) is 3. The molecular formula is C21H31N3O4S. The van der Waals surface area contributed by atoms with Gasteiger partial charge in [0.25, 0.3) is 0 Å². The van der Waals surface area contributed by atoms with Crippen LogP contribution in [0.3, 0.4) is 0 Å². The summed E-state index contributed by atoms with van der Waals surface area (Å²) in [4.78, 5) is 4.55. The standard InChI is InChI=1S/C21H31N3O4S/c1-6-22-20(24-14-21(2,25)15-8-10-29-13-15)23-9-7-17-18(27-4)11-16(26-3)12-19(17)28-5/h8,10-13,25H,6-7,9,14H2,1-5H3,(H2,22,23,24). The van der Waals surface area contributed by atoms with E-state index in [1.807, 2.05) is 35.9 Å². The van der Waals surface area contributed by atoms with Crippen molar-refractivity contribution < 1.29 is 19.3 Å². The van der Waals surface area contributed by atoms with Crippen LogP contribution in [0.25, 0.3) is 0 Å². The molecule has 160 valence electrons. The Morgan fingerprint density at radius 1 is 1.14 bits per heavy atom. The number of nitrogens with zero attached hydrogens (tertiary/aromatic N) is 1. The molecule has 2 rings (SSSR count). The molecule has 0 aliphatic carbocycles. The quantitative estimate of drug-likeness (QED) is 0.404. The zero-order valence-corrected chi connectivity index (χ0v) is 18.6. The van der Waals surface area contributed by atoms with Crippen LogP contribution in [0.4, 0.5) is 0 Å². The zero-order chi connectivity index (χ0) is 21.3. The van der Waals surface area contributed by atoms with Gasteiger partial charge in [-0.3, -0.25) is 0 Å². The van der Waals surface area contributed by atoms with E-state index < -0.39 is 5.60 Å². The maximum atomic E-state index is 10.7. The van der Waals surface area contributed by atoms with Crippen molar-refractivity contribution in [3.63, 3.8) is 0 Å². The van der Waals surface area contributed by atoms with E-state index in [0.717, 1.165) is 17.7 Å². The van der Waals surface area contributed by atoms with Crippen LogP contribution >= 0.6 is 11.3 Å². The molecule has 0 bridgehead atoms. The third-order valence-electron chi connectivity index (χ3n) is 4.52. The van der Waals surface area contributed by atoms with Crippen molar-refractivity contribution in [1.29, 1.82) is 0 Å². The molecule has 1 aromatic heterocycles. The average molecular weight is 422 g/mol. The van der Waals surface area contributed by atoms with Gasteiger partial charge >= 0.3 is 0 Å². The van der Waals surface area contributed by atoms with E-state index in [4.69, 9.17) is 14.2 Å². The van der Waals surface area contributed by atoms with Gasteiger partial charge in [-0.1, -0.05) is 0 Å². The monoisotopic (exact) mass is 421 g/mol. The van der Waals surface area contributed by atoms with E-state index in [1.165, 1.54) is 0 Å². The lowest BCUT2D eigenvalue weighted by atomic mass is 10.00. The maximum Gasteiger partial charge on any atom is 0.191 e. The highest BCUT2D eigenvalue weighted by Crippen LogP contribution is 2.34. The summed E-state index contributed by atoms with van der Waals surface area (Å²) in [7, 11) is 4.87. The van der Waals surface area contributed by atoms with E-state index in [9.17, 15) is 5.11 Å². The summed E-state index contributed by atoms with van der Waals surface area (Å²) in [6, 6.07) is 5.60. The summed E-state index contributed by atoms with van der Waals surface area (Å²) in [6.45, 7) is 5.38. The molecule has 0 saturated heterocycles. The highest BCUT2D eigenvalue weighted by molar-refractivity contribution is 7.08. The second-order valence-corrected chi connectivity index (χ2v) is 7.45. The number of nitrogens with one attached hydrogen (secondary N) is 2. The Kier molecular flexibility index (Phi) is 8.60. The molecule has 2 aromatic rings. The van der Waals surface area contributed by atoms with Gasteiger partial charge in [-0.2, -0.15) is 11.3 Å². The molecule has 8 heteroatoms. The first-order valence-corrected chi connectivity index (χ1v) is 10.5. The summed E-state index contributed by atoms with van der Waals surface area (Å²) in [6.07, 6.45) is 0.668. The lowest BCUT2D eigenvalue weighted by molar-refractivity contribution is 0.0677. The number of ether oxygens (including phenoxy) is 3. The van der Waals surface area contributed by atoms with Gasteiger partial charge in [-0.25, -0.2) is 4.99 Å². The smallest absolute Gasteiger partial charge is 0.191 e. The SMILES string of the molecule is CCNC(=NCC(C)(O)c1ccsc1)NCCc1c(OC)cc(OC)cc1OC. The summed E-state index contributed by atoms with van der Waals surface area (Å²) in [5.41, 5.74) is 0.810. The maximum absolute atomic E-state index is 10.7. The number of guanidine groups is 1. The zero-order valence-electron chi connectivity index (χ0n) is 17.7. The van der Waals surface area contributed by atoms with Crippen LogP contribution < -0.4 is 24.8 Å². The van der Waals surface area contributed by atoms with Crippen LogP contribution in [0.15, 0.2) is 34.0 Å². The molecule has 1 unspecified atom stereocenters. The fourth-order valence-corrected chi connectivity index (χ4v) is 3.65. The second-order valence-electron chi connectivity index (χ2n) is 6.67. The predicted octanol–water partition coefficient (Wildman–Crippen LogP) is 2.78. The molecule has 1 heterocycles. The van der Waals surface area contributed by atoms with Crippen LogP contribution in [0.5, 0.6) is 17.2 Å². The summed E-state index contributed by atoms with van der Waals surface area (Å²) < 4.78 is 16.3. The number of hydrogen-bond acceptors (Lipinski definition) is 6. The Labute approximate surface area is 176 Å². The van der Waals surface area contributed by atoms with Crippen LogP contribution in [0.2, 0.25) is 0 Å². The topological polar surface area (TPSA) is 84.3 Å². The highest BCUT2D eigenvalue weighted by Gasteiger charge is 2.23. The molecule has 0 spiro atoms.